The molecule has 0 saturated heterocycles. The first-order chi connectivity index (χ1) is 19.7. The van der Waals surface area contributed by atoms with Gasteiger partial charge in [0, 0.05) is 22.1 Å². The van der Waals surface area contributed by atoms with Crippen LogP contribution in [0.1, 0.15) is 0 Å². The first-order valence-corrected chi connectivity index (χ1v) is 13.6. The first-order valence-electron chi connectivity index (χ1n) is 12.8. The maximum atomic E-state index is 14.5. The van der Waals surface area contributed by atoms with Crippen LogP contribution < -0.4 is 0 Å². The van der Waals surface area contributed by atoms with Crippen LogP contribution in [-0.2, 0) is 0 Å². The van der Waals surface area contributed by atoms with Crippen molar-refractivity contribution in [2.24, 2.45) is 0 Å². The highest BCUT2D eigenvalue weighted by molar-refractivity contribution is 7.24. The Morgan fingerprint density at radius 3 is 2.23 bits per heavy atom. The topological polar surface area (TPSA) is 43.1 Å². The van der Waals surface area contributed by atoms with Gasteiger partial charge in [0.25, 0.3) is 0 Å². The normalized spacial score (nSPS) is 11.8. The second-order valence-electron chi connectivity index (χ2n) is 9.58. The third-order valence-electron chi connectivity index (χ3n) is 7.24. The molecule has 4 aromatic heterocycles. The fourth-order valence-corrected chi connectivity index (χ4v) is 6.61. The largest absolute Gasteiger partial charge is 0.281 e. The van der Waals surface area contributed by atoms with Crippen LogP contribution in [0.25, 0.3) is 70.6 Å². The van der Waals surface area contributed by atoms with Gasteiger partial charge in [-0.2, -0.15) is 13.8 Å². The minimum absolute atomic E-state index is 0.257. The number of imidazole rings is 1. The van der Waals surface area contributed by atoms with E-state index in [2.05, 4.69) is 39.7 Å². The van der Waals surface area contributed by atoms with Gasteiger partial charge in [0.15, 0.2) is 4.96 Å². The molecule has 4 aromatic carbocycles. The Balaban J connectivity index is 1.40. The quantitative estimate of drug-likeness (QED) is 0.210. The van der Waals surface area contributed by atoms with Gasteiger partial charge in [-0.05, 0) is 41.5 Å². The van der Waals surface area contributed by atoms with Crippen molar-refractivity contribution in [2.45, 2.75) is 0 Å². The molecule has 4 heterocycles. The van der Waals surface area contributed by atoms with E-state index in [4.69, 9.17) is 9.97 Å². The predicted molar refractivity (Wildman–Crippen MR) is 157 cm³/mol. The van der Waals surface area contributed by atoms with Crippen molar-refractivity contribution in [3.05, 3.63) is 121 Å². The molecule has 0 saturated carbocycles. The highest BCUT2D eigenvalue weighted by Crippen LogP contribution is 2.41. The van der Waals surface area contributed by atoms with Crippen LogP contribution in [0.4, 0.5) is 8.78 Å². The monoisotopic (exact) mass is 540 g/mol. The smallest absolute Gasteiger partial charge is 0.223 e. The zero-order valence-electron chi connectivity index (χ0n) is 20.8. The van der Waals surface area contributed by atoms with Crippen molar-refractivity contribution in [3.63, 3.8) is 0 Å². The van der Waals surface area contributed by atoms with Crippen LogP contribution in [0, 0.1) is 11.9 Å². The maximum absolute atomic E-state index is 14.5. The van der Waals surface area contributed by atoms with Crippen LogP contribution >= 0.6 is 11.3 Å². The van der Waals surface area contributed by atoms with Crippen LogP contribution in [0.15, 0.2) is 109 Å². The number of fused-ring (bicyclic) bond motifs is 7. The Bertz CT molecular complexity index is 2250. The molecule has 0 N–H and O–H groups in total. The molecule has 0 fully saturated rings. The Morgan fingerprint density at radius 1 is 0.625 bits per heavy atom. The van der Waals surface area contributed by atoms with E-state index in [1.165, 1.54) is 12.1 Å². The fourth-order valence-electron chi connectivity index (χ4n) is 5.45. The second kappa shape index (κ2) is 8.76. The molecular weight excluding hydrogens is 522 g/mol. The molecule has 190 valence electrons. The highest BCUT2D eigenvalue weighted by atomic mass is 32.1. The molecule has 40 heavy (non-hydrogen) atoms. The van der Waals surface area contributed by atoms with Gasteiger partial charge in [0.2, 0.25) is 11.9 Å². The minimum Gasteiger partial charge on any atom is -0.281 e. The van der Waals surface area contributed by atoms with Gasteiger partial charge in [-0.25, -0.2) is 9.97 Å². The van der Waals surface area contributed by atoms with Crippen molar-refractivity contribution in [3.8, 4) is 33.5 Å². The molecule has 8 aromatic rings. The summed E-state index contributed by atoms with van der Waals surface area (Å²) < 4.78 is 31.2. The molecule has 0 aliphatic heterocycles. The number of pyridine rings is 2. The third kappa shape index (κ3) is 3.45. The van der Waals surface area contributed by atoms with E-state index < -0.39 is 11.9 Å². The lowest BCUT2D eigenvalue weighted by Gasteiger charge is -2.09. The van der Waals surface area contributed by atoms with Crippen molar-refractivity contribution in [1.29, 1.82) is 0 Å². The first kappa shape index (κ1) is 22.9. The average Bonchev–Trinajstić information content (AvgIpc) is 3.54. The average molecular weight is 541 g/mol. The van der Waals surface area contributed by atoms with Gasteiger partial charge in [0.05, 0.1) is 21.4 Å². The fraction of sp³-hybridized carbons (Fsp3) is 0. The number of para-hydroxylation sites is 1. The summed E-state index contributed by atoms with van der Waals surface area (Å²) in [5, 5.41) is 1.01. The summed E-state index contributed by atoms with van der Waals surface area (Å²) in [5.41, 5.74) is 8.55. The zero-order chi connectivity index (χ0) is 26.8. The lowest BCUT2D eigenvalue weighted by Crippen LogP contribution is -1.93. The summed E-state index contributed by atoms with van der Waals surface area (Å²) in [5.74, 6) is -1.67. The van der Waals surface area contributed by atoms with E-state index in [1.54, 1.807) is 17.4 Å². The van der Waals surface area contributed by atoms with E-state index in [9.17, 15) is 8.78 Å². The van der Waals surface area contributed by atoms with Crippen LogP contribution in [0.5, 0.6) is 0 Å². The summed E-state index contributed by atoms with van der Waals surface area (Å²) in [7, 11) is 0. The van der Waals surface area contributed by atoms with Gasteiger partial charge in [0.1, 0.15) is 11.0 Å². The lowest BCUT2D eigenvalue weighted by atomic mass is 9.99. The van der Waals surface area contributed by atoms with Crippen molar-refractivity contribution in [2.75, 3.05) is 0 Å². The summed E-state index contributed by atoms with van der Waals surface area (Å²) in [6, 6.07) is 34.7. The van der Waals surface area contributed by atoms with E-state index >= 15 is 0 Å². The summed E-state index contributed by atoms with van der Waals surface area (Å²) in [6.07, 6.45) is 0. The Kier molecular flexibility index (Phi) is 5.02. The predicted octanol–water partition coefficient (Wildman–Crippen LogP) is 8.92. The minimum atomic E-state index is -0.839. The summed E-state index contributed by atoms with van der Waals surface area (Å²) in [4.78, 5) is 14.5. The van der Waals surface area contributed by atoms with Crippen molar-refractivity contribution in [1.82, 2.24) is 19.4 Å². The summed E-state index contributed by atoms with van der Waals surface area (Å²) in [6.45, 7) is 0. The van der Waals surface area contributed by atoms with Crippen LogP contribution in [0.3, 0.4) is 0 Å². The molecule has 0 unspecified atom stereocenters. The number of nitrogens with zero attached hydrogens (tertiary/aromatic N) is 4. The number of benzene rings is 4. The van der Waals surface area contributed by atoms with Crippen molar-refractivity contribution < 1.29 is 8.78 Å². The van der Waals surface area contributed by atoms with Crippen molar-refractivity contribution >= 4 is 48.5 Å². The molecule has 8 rings (SSSR count). The summed E-state index contributed by atoms with van der Waals surface area (Å²) >= 11 is 1.62. The third-order valence-corrected chi connectivity index (χ3v) is 8.33. The van der Waals surface area contributed by atoms with Gasteiger partial charge in [-0.15, -0.1) is 0 Å². The Hall–Kier alpha value is -5.01. The van der Waals surface area contributed by atoms with E-state index in [1.807, 2.05) is 60.7 Å². The molecule has 0 spiro atoms. The SMILES string of the molecule is Fc1ccc(-c2cccc(-c3cccc4c3sc3nc5c6ccccc6nc(-c6ccccc6)c5n34)c2)c(F)n1. The number of halogens is 2. The molecule has 0 aliphatic carbocycles. The van der Waals surface area contributed by atoms with Gasteiger partial charge < -0.3 is 0 Å². The molecule has 0 amide bonds. The van der Waals surface area contributed by atoms with E-state index in [-0.39, 0.29) is 5.56 Å². The van der Waals surface area contributed by atoms with Gasteiger partial charge in [-0.1, -0.05) is 90.2 Å². The number of thiazole rings is 1. The van der Waals surface area contributed by atoms with E-state index in [0.717, 1.165) is 59.5 Å². The van der Waals surface area contributed by atoms with Gasteiger partial charge >= 0.3 is 0 Å². The molecule has 0 radical (unpaired) electrons. The molecule has 7 heteroatoms. The number of hydrogen-bond acceptors (Lipinski definition) is 4. The highest BCUT2D eigenvalue weighted by Gasteiger charge is 2.21. The maximum Gasteiger partial charge on any atom is 0.223 e. The van der Waals surface area contributed by atoms with E-state index in [0.29, 0.717) is 5.56 Å². The standard InChI is InChI=1S/C33H18F2N4S/c34-27-17-16-23(32(35)37-27)21-11-6-10-20(18-21)22-13-7-15-26-31(22)40-33-38-29-24-12-4-5-14-25(24)36-28(30(29)39(26)33)19-8-2-1-3-9-19/h1-18H. The number of hydrogen-bond donors (Lipinski definition) is 0. The Labute approximate surface area is 230 Å². The molecule has 0 atom stereocenters. The molecule has 0 bridgehead atoms. The van der Waals surface area contributed by atoms with Crippen LogP contribution in [0.2, 0.25) is 0 Å². The second-order valence-corrected chi connectivity index (χ2v) is 10.6. The van der Waals surface area contributed by atoms with Gasteiger partial charge in [-0.3, -0.25) is 4.40 Å². The number of rotatable bonds is 3. The van der Waals surface area contributed by atoms with Crippen LogP contribution in [-0.4, -0.2) is 19.4 Å². The molecule has 4 nitrogen and oxygen atoms in total. The zero-order valence-corrected chi connectivity index (χ0v) is 21.7. The molecule has 0 aliphatic rings. The Morgan fingerprint density at radius 2 is 1.38 bits per heavy atom. The molecular formula is C33H18F2N4S. The lowest BCUT2D eigenvalue weighted by molar-refractivity contribution is 0.515. The number of aromatic nitrogens is 4.